The third kappa shape index (κ3) is 9.69. The van der Waals surface area contributed by atoms with Gasteiger partial charge < -0.3 is 15.2 Å². The highest BCUT2D eigenvalue weighted by molar-refractivity contribution is 5.69. The summed E-state index contributed by atoms with van der Waals surface area (Å²) in [5.41, 5.74) is 0.128. The zero-order valence-electron chi connectivity index (χ0n) is 10.2. The molecule has 4 heteroatoms. The number of aliphatic hydroxyl groups excluding tert-OH is 1. The lowest BCUT2D eigenvalue weighted by atomic mass is 9.89. The van der Waals surface area contributed by atoms with E-state index in [-0.39, 0.29) is 17.5 Å². The smallest absolute Gasteiger partial charge is 0.306 e. The van der Waals surface area contributed by atoms with E-state index in [2.05, 4.69) is 30.8 Å². The lowest BCUT2D eigenvalue weighted by Crippen LogP contribution is -2.31. The van der Waals surface area contributed by atoms with E-state index >= 15 is 0 Å². The van der Waals surface area contributed by atoms with Gasteiger partial charge in [0.15, 0.2) is 0 Å². The summed E-state index contributed by atoms with van der Waals surface area (Å²) in [5, 5.41) is 12.7. The number of hydrogen-bond acceptors (Lipinski definition) is 4. The van der Waals surface area contributed by atoms with Gasteiger partial charge in [-0.15, -0.1) is 0 Å². The SMILES string of the molecule is COC(=O)CCNCC(O)CC(C)(C)C. The van der Waals surface area contributed by atoms with Crippen molar-refractivity contribution in [3.05, 3.63) is 0 Å². The summed E-state index contributed by atoms with van der Waals surface area (Å²) in [6, 6.07) is 0. The number of esters is 1. The van der Waals surface area contributed by atoms with Crippen LogP contribution in [-0.4, -0.2) is 37.4 Å². The molecule has 0 aromatic rings. The summed E-state index contributed by atoms with van der Waals surface area (Å²) in [6.07, 6.45) is 0.736. The van der Waals surface area contributed by atoms with Gasteiger partial charge in [0.2, 0.25) is 0 Å². The van der Waals surface area contributed by atoms with Crippen molar-refractivity contribution in [1.29, 1.82) is 0 Å². The largest absolute Gasteiger partial charge is 0.469 e. The molecule has 0 heterocycles. The Morgan fingerprint density at radius 2 is 2.07 bits per heavy atom. The summed E-state index contributed by atoms with van der Waals surface area (Å²) in [5.74, 6) is -0.229. The molecule has 15 heavy (non-hydrogen) atoms. The number of aliphatic hydroxyl groups is 1. The van der Waals surface area contributed by atoms with Crippen LogP contribution < -0.4 is 5.32 Å². The zero-order chi connectivity index (χ0) is 11.9. The van der Waals surface area contributed by atoms with Crippen LogP contribution in [0.3, 0.4) is 0 Å². The molecule has 0 aromatic heterocycles. The maximum Gasteiger partial charge on any atom is 0.306 e. The minimum absolute atomic E-state index is 0.128. The van der Waals surface area contributed by atoms with Crippen LogP contribution in [0.5, 0.6) is 0 Å². The molecule has 1 atom stereocenters. The first-order valence-corrected chi connectivity index (χ1v) is 5.31. The Morgan fingerprint density at radius 1 is 1.47 bits per heavy atom. The summed E-state index contributed by atoms with van der Waals surface area (Å²) in [4.78, 5) is 10.8. The summed E-state index contributed by atoms with van der Waals surface area (Å²) < 4.78 is 4.50. The fraction of sp³-hybridized carbons (Fsp3) is 0.909. The fourth-order valence-electron chi connectivity index (χ4n) is 1.34. The Morgan fingerprint density at radius 3 is 2.53 bits per heavy atom. The molecule has 0 bridgehead atoms. The molecule has 0 aliphatic heterocycles. The lowest BCUT2D eigenvalue weighted by molar-refractivity contribution is -0.140. The number of carbonyl (C=O) groups excluding carboxylic acids is 1. The fourth-order valence-corrected chi connectivity index (χ4v) is 1.34. The van der Waals surface area contributed by atoms with E-state index in [1.807, 2.05) is 0 Å². The second kappa shape index (κ2) is 6.80. The van der Waals surface area contributed by atoms with Crippen molar-refractivity contribution in [2.24, 2.45) is 5.41 Å². The van der Waals surface area contributed by atoms with Crippen LogP contribution in [0.15, 0.2) is 0 Å². The van der Waals surface area contributed by atoms with Crippen LogP contribution in [0, 0.1) is 5.41 Å². The molecular formula is C11H23NO3. The van der Waals surface area contributed by atoms with Crippen LogP contribution in [0.2, 0.25) is 0 Å². The van der Waals surface area contributed by atoms with Crippen molar-refractivity contribution in [2.75, 3.05) is 20.2 Å². The first kappa shape index (κ1) is 14.4. The molecule has 90 valence electrons. The Balaban J connectivity index is 3.47. The van der Waals surface area contributed by atoms with Crippen LogP contribution in [0.4, 0.5) is 0 Å². The normalized spacial score (nSPS) is 13.7. The van der Waals surface area contributed by atoms with Gasteiger partial charge in [-0.2, -0.15) is 0 Å². The van der Waals surface area contributed by atoms with Gasteiger partial charge in [0, 0.05) is 13.1 Å². The zero-order valence-corrected chi connectivity index (χ0v) is 10.2. The summed E-state index contributed by atoms with van der Waals surface area (Å²) >= 11 is 0. The van der Waals surface area contributed by atoms with Crippen molar-refractivity contribution in [2.45, 2.75) is 39.7 Å². The van der Waals surface area contributed by atoms with Gasteiger partial charge in [0.25, 0.3) is 0 Å². The van der Waals surface area contributed by atoms with Crippen LogP contribution in [0.25, 0.3) is 0 Å². The number of hydrogen-bond donors (Lipinski definition) is 2. The molecule has 0 spiro atoms. The molecule has 0 aliphatic carbocycles. The van der Waals surface area contributed by atoms with Crippen molar-refractivity contribution in [1.82, 2.24) is 5.32 Å². The molecular weight excluding hydrogens is 194 g/mol. The Kier molecular flexibility index (Phi) is 6.52. The van der Waals surface area contributed by atoms with E-state index < -0.39 is 0 Å². The van der Waals surface area contributed by atoms with Crippen LogP contribution >= 0.6 is 0 Å². The molecule has 1 unspecified atom stereocenters. The van der Waals surface area contributed by atoms with Gasteiger partial charge in [0.1, 0.15) is 0 Å². The molecule has 0 aromatic carbocycles. The highest BCUT2D eigenvalue weighted by atomic mass is 16.5. The number of nitrogens with one attached hydrogen (secondary N) is 1. The maximum absolute atomic E-state index is 10.8. The van der Waals surface area contributed by atoms with E-state index in [4.69, 9.17) is 0 Å². The summed E-state index contributed by atoms with van der Waals surface area (Å²) in [7, 11) is 1.37. The Bertz CT molecular complexity index is 187. The van der Waals surface area contributed by atoms with Gasteiger partial charge >= 0.3 is 5.97 Å². The molecule has 4 nitrogen and oxygen atoms in total. The van der Waals surface area contributed by atoms with E-state index in [1.54, 1.807) is 0 Å². The van der Waals surface area contributed by atoms with Crippen molar-refractivity contribution >= 4 is 5.97 Å². The van der Waals surface area contributed by atoms with Crippen molar-refractivity contribution < 1.29 is 14.6 Å². The molecule has 0 fully saturated rings. The average Bonchev–Trinajstić information content (AvgIpc) is 2.09. The molecule has 0 rings (SSSR count). The highest BCUT2D eigenvalue weighted by Gasteiger charge is 2.16. The van der Waals surface area contributed by atoms with E-state index in [0.29, 0.717) is 19.5 Å². The Labute approximate surface area is 92.0 Å². The molecule has 0 aliphatic rings. The molecule has 0 saturated heterocycles. The third-order valence-corrected chi connectivity index (χ3v) is 1.96. The first-order valence-electron chi connectivity index (χ1n) is 5.31. The van der Waals surface area contributed by atoms with Crippen LogP contribution in [0.1, 0.15) is 33.6 Å². The van der Waals surface area contributed by atoms with Gasteiger partial charge in [-0.05, 0) is 11.8 Å². The lowest BCUT2D eigenvalue weighted by Gasteiger charge is -2.22. The second-order valence-corrected chi connectivity index (χ2v) is 4.95. The molecule has 2 N–H and O–H groups in total. The van der Waals surface area contributed by atoms with Crippen molar-refractivity contribution in [3.63, 3.8) is 0 Å². The molecule has 0 saturated carbocycles. The van der Waals surface area contributed by atoms with Gasteiger partial charge in [-0.1, -0.05) is 20.8 Å². The van der Waals surface area contributed by atoms with E-state index in [1.165, 1.54) is 7.11 Å². The number of rotatable bonds is 6. The van der Waals surface area contributed by atoms with E-state index in [0.717, 1.165) is 6.42 Å². The van der Waals surface area contributed by atoms with Gasteiger partial charge in [-0.25, -0.2) is 0 Å². The van der Waals surface area contributed by atoms with E-state index in [9.17, 15) is 9.90 Å². The Hall–Kier alpha value is -0.610. The second-order valence-electron chi connectivity index (χ2n) is 4.95. The number of ether oxygens (including phenoxy) is 1. The quantitative estimate of drug-likeness (QED) is 0.513. The molecule has 0 radical (unpaired) electrons. The monoisotopic (exact) mass is 217 g/mol. The first-order chi connectivity index (χ1) is 6.85. The standard InChI is InChI=1S/C11H23NO3/c1-11(2,3)7-9(13)8-12-6-5-10(14)15-4/h9,12-13H,5-8H2,1-4H3. The van der Waals surface area contributed by atoms with Crippen molar-refractivity contribution in [3.8, 4) is 0 Å². The summed E-state index contributed by atoms with van der Waals surface area (Å²) in [6.45, 7) is 7.34. The third-order valence-electron chi connectivity index (χ3n) is 1.96. The van der Waals surface area contributed by atoms with Gasteiger partial charge in [0.05, 0.1) is 19.6 Å². The van der Waals surface area contributed by atoms with Gasteiger partial charge in [-0.3, -0.25) is 4.79 Å². The highest BCUT2D eigenvalue weighted by Crippen LogP contribution is 2.20. The predicted molar refractivity (Wildman–Crippen MR) is 59.6 cm³/mol. The minimum Gasteiger partial charge on any atom is -0.469 e. The van der Waals surface area contributed by atoms with Crippen LogP contribution in [-0.2, 0) is 9.53 Å². The topological polar surface area (TPSA) is 58.6 Å². The number of carbonyl (C=O) groups is 1. The average molecular weight is 217 g/mol. The minimum atomic E-state index is -0.359. The number of methoxy groups -OCH3 is 1. The molecule has 0 amide bonds. The maximum atomic E-state index is 10.8. The predicted octanol–water partition coefficient (Wildman–Crippen LogP) is 0.936.